The van der Waals surface area contributed by atoms with Gasteiger partial charge in [0.15, 0.2) is 0 Å². The van der Waals surface area contributed by atoms with Crippen LogP contribution < -0.4 is 0 Å². The standard InChI is InChI=1S/C20H14Br2N2/c1-24-20(14-10-6-3-7-11-14)18-16(22)12-15(21)17(18)19(23-24)13-8-4-2-5-9-13/h2-12H,1H3. The molecule has 4 heteroatoms. The Hall–Kier alpha value is -1.91. The van der Waals surface area contributed by atoms with E-state index in [9.17, 15) is 0 Å². The molecular weight excluding hydrogens is 428 g/mol. The number of benzene rings is 2. The molecule has 0 bridgehead atoms. The molecule has 0 spiro atoms. The average molecular weight is 442 g/mol. The first-order chi connectivity index (χ1) is 11.7. The van der Waals surface area contributed by atoms with Gasteiger partial charge in [-0.2, -0.15) is 5.10 Å². The van der Waals surface area contributed by atoms with Crippen molar-refractivity contribution in [2.75, 3.05) is 0 Å². The van der Waals surface area contributed by atoms with Gasteiger partial charge in [0.2, 0.25) is 0 Å². The van der Waals surface area contributed by atoms with Gasteiger partial charge in [0.1, 0.15) is 0 Å². The second-order valence-corrected chi connectivity index (χ2v) is 7.35. The summed E-state index contributed by atoms with van der Waals surface area (Å²) in [5.74, 6) is 0. The Morgan fingerprint density at radius 1 is 0.750 bits per heavy atom. The number of halogens is 2. The normalized spacial score (nSPS) is 11.1. The number of aromatic nitrogens is 2. The fourth-order valence-electron chi connectivity index (χ4n) is 3.09. The highest BCUT2D eigenvalue weighted by molar-refractivity contribution is 9.11. The van der Waals surface area contributed by atoms with Gasteiger partial charge in [-0.3, -0.25) is 4.68 Å². The van der Waals surface area contributed by atoms with Crippen LogP contribution in [0.1, 0.15) is 0 Å². The Morgan fingerprint density at radius 3 is 1.92 bits per heavy atom. The van der Waals surface area contributed by atoms with E-state index < -0.39 is 0 Å². The van der Waals surface area contributed by atoms with Crippen LogP contribution in [0.4, 0.5) is 0 Å². The Kier molecular flexibility index (Phi) is 4.02. The fourth-order valence-corrected chi connectivity index (χ4v) is 4.63. The third-order valence-corrected chi connectivity index (χ3v) is 5.37. The Balaban J connectivity index is 2.09. The van der Waals surface area contributed by atoms with Crippen molar-refractivity contribution in [1.29, 1.82) is 0 Å². The Bertz CT molecular complexity index is 976. The molecule has 0 unspecified atom stereocenters. The van der Waals surface area contributed by atoms with E-state index >= 15 is 0 Å². The zero-order valence-corrected chi connectivity index (χ0v) is 16.2. The maximum Gasteiger partial charge on any atom is 0.0998 e. The van der Waals surface area contributed by atoms with Gasteiger partial charge in [0.25, 0.3) is 0 Å². The number of hydrogen-bond donors (Lipinski definition) is 0. The molecule has 0 aromatic heterocycles. The minimum atomic E-state index is 0.977. The zero-order valence-electron chi connectivity index (χ0n) is 13.0. The molecule has 24 heavy (non-hydrogen) atoms. The van der Waals surface area contributed by atoms with Crippen molar-refractivity contribution in [3.63, 3.8) is 0 Å². The molecule has 2 aromatic rings. The number of hydrogen-bond acceptors (Lipinski definition) is 1. The number of nitrogens with zero attached hydrogens (tertiary/aromatic N) is 2. The summed E-state index contributed by atoms with van der Waals surface area (Å²) in [7, 11) is 2.00. The average Bonchev–Trinajstić information content (AvgIpc) is 2.90. The highest BCUT2D eigenvalue weighted by atomic mass is 79.9. The lowest BCUT2D eigenvalue weighted by atomic mass is 9.98. The van der Waals surface area contributed by atoms with Crippen molar-refractivity contribution < 1.29 is 0 Å². The van der Waals surface area contributed by atoms with Gasteiger partial charge in [-0.15, -0.1) is 0 Å². The molecule has 2 aromatic carbocycles. The van der Waals surface area contributed by atoms with E-state index in [2.05, 4.69) is 74.3 Å². The maximum atomic E-state index is 4.89. The van der Waals surface area contributed by atoms with Crippen LogP contribution in [0.3, 0.4) is 0 Å². The third kappa shape index (κ3) is 2.50. The molecule has 4 rings (SSSR count). The van der Waals surface area contributed by atoms with E-state index in [1.807, 2.05) is 36.0 Å². The summed E-state index contributed by atoms with van der Waals surface area (Å²) in [6.45, 7) is 0. The molecular formula is C20H14Br2N2. The van der Waals surface area contributed by atoms with E-state index in [-0.39, 0.29) is 0 Å². The number of fused-ring (bicyclic) bond motifs is 1. The summed E-state index contributed by atoms with van der Waals surface area (Å²) in [6.07, 6.45) is 0. The molecule has 118 valence electrons. The molecule has 0 N–H and O–H groups in total. The summed E-state index contributed by atoms with van der Waals surface area (Å²) >= 11 is 7.45. The third-order valence-electron chi connectivity index (χ3n) is 4.12. The van der Waals surface area contributed by atoms with Gasteiger partial charge in [-0.05, 0) is 6.07 Å². The molecule has 0 amide bonds. The van der Waals surface area contributed by atoms with Gasteiger partial charge in [-0.1, -0.05) is 92.5 Å². The van der Waals surface area contributed by atoms with Crippen molar-refractivity contribution >= 4 is 31.9 Å². The van der Waals surface area contributed by atoms with Crippen LogP contribution in [0.25, 0.3) is 33.6 Å². The minimum absolute atomic E-state index is 0.977. The first kappa shape index (κ1) is 15.6. The largest absolute Gasteiger partial charge is 0.267 e. The second kappa shape index (κ2) is 6.19. The van der Waals surface area contributed by atoms with Crippen LogP contribution >= 0.6 is 31.9 Å². The molecule has 0 saturated heterocycles. The highest BCUT2D eigenvalue weighted by Gasteiger charge is 2.25. The van der Waals surface area contributed by atoms with Gasteiger partial charge < -0.3 is 0 Å². The number of rotatable bonds is 2. The molecule has 1 aliphatic carbocycles. The highest BCUT2D eigenvalue weighted by Crippen LogP contribution is 2.48. The van der Waals surface area contributed by atoms with Crippen molar-refractivity contribution in [2.24, 2.45) is 7.05 Å². The summed E-state index contributed by atoms with van der Waals surface area (Å²) in [5.41, 5.74) is 6.63. The van der Waals surface area contributed by atoms with Gasteiger partial charge in [0.05, 0.1) is 11.4 Å². The Labute approximate surface area is 157 Å². The van der Waals surface area contributed by atoms with E-state index in [1.165, 1.54) is 5.56 Å². The van der Waals surface area contributed by atoms with Crippen LogP contribution in [0.2, 0.25) is 0 Å². The van der Waals surface area contributed by atoms with Crippen LogP contribution in [-0.4, -0.2) is 9.78 Å². The molecule has 1 aliphatic heterocycles. The van der Waals surface area contributed by atoms with Gasteiger partial charge in [0, 0.05) is 38.2 Å². The first-order valence-electron chi connectivity index (χ1n) is 7.62. The monoisotopic (exact) mass is 440 g/mol. The quantitative estimate of drug-likeness (QED) is 0.352. The fraction of sp³-hybridized carbons (Fsp3) is 0.0500. The predicted molar refractivity (Wildman–Crippen MR) is 106 cm³/mol. The maximum absolute atomic E-state index is 4.89. The van der Waals surface area contributed by atoms with E-state index in [0.29, 0.717) is 0 Å². The lowest BCUT2D eigenvalue weighted by molar-refractivity contribution is 0.754. The smallest absolute Gasteiger partial charge is 0.0998 e. The molecule has 1 heterocycles. The van der Waals surface area contributed by atoms with E-state index in [1.54, 1.807) is 0 Å². The second-order valence-electron chi connectivity index (χ2n) is 5.64. The van der Waals surface area contributed by atoms with Crippen LogP contribution in [0.15, 0.2) is 75.7 Å². The van der Waals surface area contributed by atoms with Crippen LogP contribution in [0, 0.1) is 0 Å². The van der Waals surface area contributed by atoms with E-state index in [0.717, 1.165) is 37.0 Å². The topological polar surface area (TPSA) is 17.8 Å². The molecule has 2 aliphatic rings. The summed E-state index contributed by atoms with van der Waals surface area (Å²) < 4.78 is 4.09. The van der Waals surface area contributed by atoms with Gasteiger partial charge >= 0.3 is 0 Å². The SMILES string of the molecule is Cn1nc(-c2ccccc2)c2c(Br)cc(Br)c-2c1-c1ccccc1. The van der Waals surface area contributed by atoms with Crippen LogP contribution in [0.5, 0.6) is 0 Å². The van der Waals surface area contributed by atoms with Crippen LogP contribution in [-0.2, 0) is 7.05 Å². The van der Waals surface area contributed by atoms with Crippen molar-refractivity contribution in [1.82, 2.24) is 9.78 Å². The Morgan fingerprint density at radius 2 is 1.29 bits per heavy atom. The van der Waals surface area contributed by atoms with Crippen molar-refractivity contribution in [2.45, 2.75) is 0 Å². The first-order valence-corrected chi connectivity index (χ1v) is 9.21. The lowest BCUT2D eigenvalue weighted by Crippen LogP contribution is -2.07. The molecule has 0 saturated carbocycles. The predicted octanol–water partition coefficient (Wildman–Crippen LogP) is 6.38. The number of aryl methyl sites for hydroxylation is 1. The van der Waals surface area contributed by atoms with Crippen molar-refractivity contribution in [3.05, 3.63) is 75.7 Å². The zero-order chi connectivity index (χ0) is 16.7. The molecule has 2 nitrogen and oxygen atoms in total. The molecule has 0 atom stereocenters. The van der Waals surface area contributed by atoms with Crippen molar-refractivity contribution in [3.8, 4) is 33.6 Å². The van der Waals surface area contributed by atoms with E-state index in [4.69, 9.17) is 5.10 Å². The summed E-state index contributed by atoms with van der Waals surface area (Å²) in [4.78, 5) is 0. The molecule has 0 radical (unpaired) electrons. The summed E-state index contributed by atoms with van der Waals surface area (Å²) in [6, 6.07) is 22.8. The minimum Gasteiger partial charge on any atom is -0.267 e. The molecule has 0 fully saturated rings. The van der Waals surface area contributed by atoms with Gasteiger partial charge in [-0.25, -0.2) is 0 Å². The summed E-state index contributed by atoms with van der Waals surface area (Å²) in [5, 5.41) is 4.89. The lowest BCUT2D eigenvalue weighted by Gasteiger charge is -2.18.